The lowest BCUT2D eigenvalue weighted by Gasteiger charge is -2.34. The topological polar surface area (TPSA) is 45.6 Å². The lowest BCUT2D eigenvalue weighted by atomic mass is 9.95. The first-order valence-electron chi connectivity index (χ1n) is 10.9. The molecule has 0 aliphatic carbocycles. The molecule has 0 spiro atoms. The van der Waals surface area contributed by atoms with Crippen LogP contribution in [0.1, 0.15) is 26.2 Å². The molecule has 2 aromatic carbocycles. The zero-order valence-electron chi connectivity index (χ0n) is 17.8. The van der Waals surface area contributed by atoms with E-state index in [2.05, 4.69) is 29.1 Å². The lowest BCUT2D eigenvalue weighted by molar-refractivity contribution is -0.133. The predicted molar refractivity (Wildman–Crippen MR) is 125 cm³/mol. The number of rotatable bonds is 6. The number of carbonyl (C=O) groups excluding carboxylic acids is 2. The number of hydrogen-bond donors (Lipinski definition) is 0. The minimum atomic E-state index is -0.0660. The van der Waals surface area contributed by atoms with Gasteiger partial charge in [0.1, 0.15) is 0 Å². The molecule has 0 unspecified atom stereocenters. The van der Waals surface area contributed by atoms with Gasteiger partial charge in [-0.1, -0.05) is 41.9 Å². The minimum Gasteiger partial charge on any atom is -0.353 e. The van der Waals surface area contributed by atoms with Gasteiger partial charge in [-0.25, -0.2) is 0 Å². The second-order valence-corrected chi connectivity index (χ2v) is 8.67. The highest BCUT2D eigenvalue weighted by molar-refractivity contribution is 6.30. The van der Waals surface area contributed by atoms with E-state index in [1.807, 2.05) is 46.2 Å². The lowest BCUT2D eigenvalue weighted by Crippen LogP contribution is -2.44. The number of hydrogen-bond acceptors (Lipinski definition) is 2. The van der Waals surface area contributed by atoms with Crippen molar-refractivity contribution in [1.29, 1.82) is 0 Å². The first-order valence-corrected chi connectivity index (χ1v) is 11.3. The summed E-state index contributed by atoms with van der Waals surface area (Å²) < 4.78 is 2.19. The molecule has 0 atom stereocenters. The molecule has 4 rings (SSSR count). The summed E-state index contributed by atoms with van der Waals surface area (Å²) in [4.78, 5) is 28.8. The van der Waals surface area contributed by atoms with Crippen molar-refractivity contribution in [3.05, 3.63) is 65.9 Å². The van der Waals surface area contributed by atoms with Gasteiger partial charge in [-0.2, -0.15) is 0 Å². The third-order valence-electron chi connectivity index (χ3n) is 6.08. The summed E-state index contributed by atoms with van der Waals surface area (Å²) in [5, 5.41) is 3.07. The van der Waals surface area contributed by atoms with Crippen molar-refractivity contribution < 1.29 is 9.59 Å². The van der Waals surface area contributed by atoms with Crippen molar-refractivity contribution in [3.63, 3.8) is 0 Å². The Kier molecular flexibility index (Phi) is 6.62. The molecule has 1 aliphatic heterocycles. The smallest absolute Gasteiger partial charge is 0.230 e. The highest BCUT2D eigenvalue weighted by Crippen LogP contribution is 2.26. The molecule has 2 heterocycles. The Bertz CT molecular complexity index is 1040. The molecule has 0 bridgehead atoms. The average molecular weight is 438 g/mol. The third-order valence-corrected chi connectivity index (χ3v) is 6.31. The first kappa shape index (κ1) is 21.4. The number of piperidine rings is 1. The van der Waals surface area contributed by atoms with Gasteiger partial charge in [0.2, 0.25) is 11.8 Å². The van der Waals surface area contributed by atoms with Gasteiger partial charge in [0.25, 0.3) is 0 Å². The molecular weight excluding hydrogens is 410 g/mol. The third kappa shape index (κ3) is 5.10. The number of anilines is 1. The molecule has 162 valence electrons. The summed E-state index contributed by atoms with van der Waals surface area (Å²) in [5.74, 6) is 0.142. The van der Waals surface area contributed by atoms with Crippen molar-refractivity contribution in [2.24, 2.45) is 5.92 Å². The van der Waals surface area contributed by atoms with Crippen LogP contribution in [-0.4, -0.2) is 40.9 Å². The van der Waals surface area contributed by atoms with E-state index in [9.17, 15) is 9.59 Å². The molecule has 1 fully saturated rings. The van der Waals surface area contributed by atoms with Crippen molar-refractivity contribution >= 4 is 39.9 Å². The van der Waals surface area contributed by atoms with Crippen LogP contribution < -0.4 is 4.90 Å². The molecule has 0 N–H and O–H groups in total. The zero-order valence-corrected chi connectivity index (χ0v) is 18.6. The van der Waals surface area contributed by atoms with Crippen LogP contribution in [-0.2, 0) is 16.1 Å². The summed E-state index contributed by atoms with van der Waals surface area (Å²) in [6.45, 7) is 4.34. The monoisotopic (exact) mass is 437 g/mol. The summed E-state index contributed by atoms with van der Waals surface area (Å²) in [6, 6.07) is 15.8. The molecule has 5 nitrogen and oxygen atoms in total. The summed E-state index contributed by atoms with van der Waals surface area (Å²) in [5.41, 5.74) is 0.837. The molecular formula is C25H28ClN3O2. The summed E-state index contributed by atoms with van der Waals surface area (Å²) in [7, 11) is 0. The Hall–Kier alpha value is -2.79. The van der Waals surface area contributed by atoms with E-state index in [4.69, 9.17) is 11.6 Å². The predicted octanol–water partition coefficient (Wildman–Crippen LogP) is 4.98. The number of aryl methyl sites for hydroxylation is 1. The van der Waals surface area contributed by atoms with Crippen molar-refractivity contribution in [3.8, 4) is 0 Å². The first-order chi connectivity index (χ1) is 15.0. The van der Waals surface area contributed by atoms with E-state index >= 15 is 0 Å². The number of halogens is 1. The standard InChI is InChI=1S/C25H28ClN3O2/c1-19(30)28-14-10-20(11-15-28)25(31)29(24-9-4-8-23(26)16-24)13-5-12-27-17-21-6-2-3-7-22(21)18-27/h2-4,6-9,16-18,20H,5,10-15H2,1H3. The Morgan fingerprint density at radius 2 is 1.71 bits per heavy atom. The molecule has 31 heavy (non-hydrogen) atoms. The van der Waals surface area contributed by atoms with Gasteiger partial charge in [-0.3, -0.25) is 9.59 Å². The molecule has 0 radical (unpaired) electrons. The molecule has 0 saturated carbocycles. The van der Waals surface area contributed by atoms with Gasteiger partial charge < -0.3 is 14.4 Å². The SMILES string of the molecule is CC(=O)N1CCC(C(=O)N(CCCn2cc3ccccc3c2)c2cccc(Cl)c2)CC1. The number of carbonyl (C=O) groups is 2. The van der Waals surface area contributed by atoms with Crippen LogP contribution >= 0.6 is 11.6 Å². The maximum absolute atomic E-state index is 13.4. The van der Waals surface area contributed by atoms with Crippen molar-refractivity contribution in [2.75, 3.05) is 24.5 Å². The fourth-order valence-corrected chi connectivity index (χ4v) is 4.54. The maximum Gasteiger partial charge on any atom is 0.230 e. The molecule has 2 amide bonds. The Morgan fingerprint density at radius 1 is 1.03 bits per heavy atom. The Balaban J connectivity index is 1.45. The van der Waals surface area contributed by atoms with Crippen LogP contribution in [0.2, 0.25) is 5.02 Å². The highest BCUT2D eigenvalue weighted by atomic mass is 35.5. The Labute approximate surface area is 188 Å². The normalized spacial score (nSPS) is 14.7. The maximum atomic E-state index is 13.4. The van der Waals surface area contributed by atoms with E-state index in [0.29, 0.717) is 37.5 Å². The zero-order chi connectivity index (χ0) is 21.8. The van der Waals surface area contributed by atoms with E-state index in [1.165, 1.54) is 10.8 Å². The van der Waals surface area contributed by atoms with Gasteiger partial charge in [-0.15, -0.1) is 0 Å². The second-order valence-electron chi connectivity index (χ2n) is 8.23. The fourth-order valence-electron chi connectivity index (χ4n) is 4.35. The van der Waals surface area contributed by atoms with Crippen LogP contribution in [0, 0.1) is 5.92 Å². The van der Waals surface area contributed by atoms with Crippen molar-refractivity contribution in [1.82, 2.24) is 9.47 Å². The highest BCUT2D eigenvalue weighted by Gasteiger charge is 2.30. The number of amides is 2. The summed E-state index contributed by atoms with van der Waals surface area (Å²) >= 11 is 6.22. The average Bonchev–Trinajstić information content (AvgIpc) is 3.19. The number of fused-ring (bicyclic) bond motifs is 1. The fraction of sp³-hybridized carbons (Fsp3) is 0.360. The molecule has 1 aromatic heterocycles. The van der Waals surface area contributed by atoms with Crippen LogP contribution in [0.3, 0.4) is 0 Å². The molecule has 6 heteroatoms. The number of likely N-dealkylation sites (tertiary alicyclic amines) is 1. The van der Waals surface area contributed by atoms with E-state index in [1.54, 1.807) is 6.92 Å². The largest absolute Gasteiger partial charge is 0.353 e. The number of benzene rings is 2. The van der Waals surface area contributed by atoms with Gasteiger partial charge in [-0.05, 0) is 48.2 Å². The second kappa shape index (κ2) is 9.56. The van der Waals surface area contributed by atoms with E-state index in [-0.39, 0.29) is 17.7 Å². The van der Waals surface area contributed by atoms with Gasteiger partial charge >= 0.3 is 0 Å². The van der Waals surface area contributed by atoms with Crippen LogP contribution in [0.5, 0.6) is 0 Å². The molecule has 3 aromatic rings. The van der Waals surface area contributed by atoms with E-state index in [0.717, 1.165) is 18.7 Å². The van der Waals surface area contributed by atoms with Gasteiger partial charge in [0.05, 0.1) is 0 Å². The van der Waals surface area contributed by atoms with Crippen LogP contribution in [0.15, 0.2) is 60.9 Å². The number of aromatic nitrogens is 1. The quantitative estimate of drug-likeness (QED) is 0.546. The molecule has 1 saturated heterocycles. The minimum absolute atomic E-state index is 0.0660. The summed E-state index contributed by atoms with van der Waals surface area (Å²) in [6.07, 6.45) is 6.55. The van der Waals surface area contributed by atoms with Crippen LogP contribution in [0.4, 0.5) is 5.69 Å². The van der Waals surface area contributed by atoms with Crippen LogP contribution in [0.25, 0.3) is 10.8 Å². The van der Waals surface area contributed by atoms with Gasteiger partial charge in [0.15, 0.2) is 0 Å². The van der Waals surface area contributed by atoms with Crippen molar-refractivity contribution in [2.45, 2.75) is 32.7 Å². The van der Waals surface area contributed by atoms with Gasteiger partial charge in [0, 0.05) is 62.1 Å². The Morgan fingerprint density at radius 3 is 2.32 bits per heavy atom. The molecule has 1 aliphatic rings. The van der Waals surface area contributed by atoms with E-state index < -0.39 is 0 Å². The number of nitrogens with zero attached hydrogens (tertiary/aromatic N) is 3.